The maximum Gasteiger partial charge on any atom is 0.277 e. The Balaban J connectivity index is 1.77. The Kier molecular flexibility index (Phi) is 6.38. The fourth-order valence-corrected chi connectivity index (χ4v) is 2.46. The molecule has 0 aliphatic rings. The van der Waals surface area contributed by atoms with Gasteiger partial charge in [0.2, 0.25) is 11.8 Å². The zero-order valence-corrected chi connectivity index (χ0v) is 13.5. The molecule has 2 heterocycles. The Morgan fingerprint density at radius 3 is 3.05 bits per heavy atom. The fraction of sp³-hybridized carbons (Fsp3) is 0.615. The third kappa shape index (κ3) is 5.14. The number of nitrogens with zero attached hydrogens (tertiary/aromatic N) is 5. The summed E-state index contributed by atoms with van der Waals surface area (Å²) in [6.07, 6.45) is 6.27. The smallest absolute Gasteiger partial charge is 0.277 e. The van der Waals surface area contributed by atoms with Crippen LogP contribution in [0.15, 0.2) is 22.3 Å². The highest BCUT2D eigenvalue weighted by atomic mass is 32.2. The molecule has 2 aromatic heterocycles. The molecule has 0 fully saturated rings. The molecule has 1 amide bonds. The summed E-state index contributed by atoms with van der Waals surface area (Å²) in [5.41, 5.74) is 0. The number of nitrogens with one attached hydrogen (secondary N) is 1. The van der Waals surface area contributed by atoms with Gasteiger partial charge in [0, 0.05) is 6.54 Å². The number of amides is 1. The van der Waals surface area contributed by atoms with Gasteiger partial charge in [-0.05, 0) is 13.3 Å². The lowest BCUT2D eigenvalue weighted by Gasteiger charge is -2.09. The summed E-state index contributed by atoms with van der Waals surface area (Å²) in [5, 5.41) is 14.8. The molecule has 1 atom stereocenters. The molecule has 2 rings (SSSR count). The Morgan fingerprint density at radius 2 is 2.32 bits per heavy atom. The first-order valence-corrected chi connectivity index (χ1v) is 8.16. The van der Waals surface area contributed by atoms with E-state index in [1.807, 2.05) is 6.92 Å². The van der Waals surface area contributed by atoms with Gasteiger partial charge in [0.15, 0.2) is 0 Å². The van der Waals surface area contributed by atoms with Crippen molar-refractivity contribution >= 4 is 17.7 Å². The highest BCUT2D eigenvalue weighted by Crippen LogP contribution is 2.22. The van der Waals surface area contributed by atoms with Crippen molar-refractivity contribution in [3.63, 3.8) is 0 Å². The van der Waals surface area contributed by atoms with Crippen LogP contribution >= 0.6 is 11.8 Å². The zero-order valence-electron chi connectivity index (χ0n) is 12.7. The Morgan fingerprint density at radius 1 is 1.45 bits per heavy atom. The van der Waals surface area contributed by atoms with Crippen molar-refractivity contribution in [3.8, 4) is 0 Å². The minimum Gasteiger partial charge on any atom is -0.414 e. The monoisotopic (exact) mass is 324 g/mol. The highest BCUT2D eigenvalue weighted by Gasteiger charge is 2.18. The highest BCUT2D eigenvalue weighted by molar-refractivity contribution is 8.00. The van der Waals surface area contributed by atoms with E-state index >= 15 is 0 Å². The molecule has 9 heteroatoms. The van der Waals surface area contributed by atoms with Crippen LogP contribution in [0.25, 0.3) is 0 Å². The van der Waals surface area contributed by atoms with E-state index < -0.39 is 0 Å². The number of carbonyl (C=O) groups excluding carboxylic acids is 1. The second-order valence-electron chi connectivity index (χ2n) is 4.81. The number of hydrogen-bond donors (Lipinski definition) is 1. The first kappa shape index (κ1) is 16.5. The summed E-state index contributed by atoms with van der Waals surface area (Å²) in [6.45, 7) is 5.03. The summed E-state index contributed by atoms with van der Waals surface area (Å²) >= 11 is 1.25. The van der Waals surface area contributed by atoms with E-state index in [2.05, 4.69) is 32.5 Å². The number of thioether (sulfide) groups is 1. The lowest BCUT2D eigenvalue weighted by molar-refractivity contribution is -0.120. The van der Waals surface area contributed by atoms with E-state index in [-0.39, 0.29) is 11.2 Å². The van der Waals surface area contributed by atoms with E-state index in [0.717, 1.165) is 19.3 Å². The summed E-state index contributed by atoms with van der Waals surface area (Å²) < 4.78 is 7.08. The fourth-order valence-electron chi connectivity index (χ4n) is 1.74. The summed E-state index contributed by atoms with van der Waals surface area (Å²) in [6, 6.07) is 0. The largest absolute Gasteiger partial charge is 0.414 e. The Bertz CT molecular complexity index is 571. The van der Waals surface area contributed by atoms with Crippen LogP contribution in [0.5, 0.6) is 0 Å². The van der Waals surface area contributed by atoms with E-state index in [1.165, 1.54) is 18.1 Å². The zero-order chi connectivity index (χ0) is 15.8. The molecule has 0 saturated heterocycles. The lowest BCUT2D eigenvalue weighted by atomic mass is 10.2. The van der Waals surface area contributed by atoms with Crippen LogP contribution in [0.3, 0.4) is 0 Å². The van der Waals surface area contributed by atoms with Gasteiger partial charge in [0.1, 0.15) is 19.2 Å². The van der Waals surface area contributed by atoms with Gasteiger partial charge in [-0.25, -0.2) is 9.67 Å². The number of unbranched alkanes of at least 4 members (excludes halogenated alkanes) is 2. The maximum atomic E-state index is 11.9. The van der Waals surface area contributed by atoms with Crippen LogP contribution in [0.2, 0.25) is 0 Å². The number of hydrogen-bond acceptors (Lipinski definition) is 7. The molecule has 2 aromatic rings. The normalized spacial score (nSPS) is 12.3. The molecule has 0 aromatic carbocycles. The predicted molar refractivity (Wildman–Crippen MR) is 81.3 cm³/mol. The average molecular weight is 324 g/mol. The number of rotatable bonds is 9. The minimum atomic E-state index is -0.277. The Hall–Kier alpha value is -1.90. The molecule has 8 nitrogen and oxygen atoms in total. The van der Waals surface area contributed by atoms with Crippen LogP contribution in [0.1, 0.15) is 39.0 Å². The van der Waals surface area contributed by atoms with E-state index in [9.17, 15) is 4.79 Å². The van der Waals surface area contributed by atoms with Gasteiger partial charge in [-0.3, -0.25) is 4.79 Å². The van der Waals surface area contributed by atoms with Crippen molar-refractivity contribution in [2.45, 2.75) is 50.1 Å². The van der Waals surface area contributed by atoms with Crippen LogP contribution in [0.4, 0.5) is 0 Å². The summed E-state index contributed by atoms with van der Waals surface area (Å²) in [5.74, 6) is 0.417. The van der Waals surface area contributed by atoms with Crippen LogP contribution < -0.4 is 5.32 Å². The number of aromatic nitrogens is 5. The minimum absolute atomic E-state index is 0.0165. The molecule has 0 bridgehead atoms. The lowest BCUT2D eigenvalue weighted by Crippen LogP contribution is -2.31. The molecule has 0 aliphatic carbocycles. The number of carbonyl (C=O) groups is 1. The van der Waals surface area contributed by atoms with Crippen molar-refractivity contribution in [1.82, 2.24) is 30.3 Å². The molecule has 0 aliphatic heterocycles. The Labute approximate surface area is 133 Å². The van der Waals surface area contributed by atoms with Crippen LogP contribution in [-0.4, -0.2) is 42.7 Å². The van der Waals surface area contributed by atoms with Crippen LogP contribution in [0, 0.1) is 0 Å². The topological polar surface area (TPSA) is 98.7 Å². The van der Waals surface area contributed by atoms with Gasteiger partial charge in [0.05, 0.1) is 5.25 Å². The van der Waals surface area contributed by atoms with Gasteiger partial charge in [-0.15, -0.1) is 10.2 Å². The first-order chi connectivity index (χ1) is 10.7. The first-order valence-electron chi connectivity index (χ1n) is 7.28. The molecule has 0 spiro atoms. The van der Waals surface area contributed by atoms with Crippen LogP contribution in [-0.2, 0) is 11.3 Å². The maximum absolute atomic E-state index is 11.9. The van der Waals surface area contributed by atoms with Gasteiger partial charge < -0.3 is 9.73 Å². The van der Waals surface area contributed by atoms with Crippen molar-refractivity contribution < 1.29 is 9.21 Å². The van der Waals surface area contributed by atoms with Crippen molar-refractivity contribution in [2.24, 2.45) is 0 Å². The van der Waals surface area contributed by atoms with Crippen molar-refractivity contribution in [2.75, 3.05) is 6.54 Å². The molecule has 0 saturated carbocycles. The molecular weight excluding hydrogens is 304 g/mol. The third-order valence-corrected chi connectivity index (χ3v) is 3.87. The summed E-state index contributed by atoms with van der Waals surface area (Å²) in [7, 11) is 0. The average Bonchev–Trinajstić information content (AvgIpc) is 3.16. The molecule has 22 heavy (non-hydrogen) atoms. The molecule has 1 unspecified atom stereocenters. The quantitative estimate of drug-likeness (QED) is 0.551. The molecule has 120 valence electrons. The van der Waals surface area contributed by atoms with Crippen molar-refractivity contribution in [1.29, 1.82) is 0 Å². The van der Waals surface area contributed by atoms with E-state index in [1.54, 1.807) is 11.0 Å². The molecule has 0 radical (unpaired) electrons. The summed E-state index contributed by atoms with van der Waals surface area (Å²) in [4.78, 5) is 15.8. The molecular formula is C13H20N6O2S. The van der Waals surface area contributed by atoms with Crippen molar-refractivity contribution in [3.05, 3.63) is 18.5 Å². The SMILES string of the molecule is CCCCCNC(=O)C(C)Sc1nnc(Cn2cncn2)o1. The van der Waals surface area contributed by atoms with Gasteiger partial charge >= 0.3 is 0 Å². The van der Waals surface area contributed by atoms with Gasteiger partial charge in [0.25, 0.3) is 5.22 Å². The van der Waals surface area contributed by atoms with Gasteiger partial charge in [-0.1, -0.05) is 31.5 Å². The van der Waals surface area contributed by atoms with E-state index in [0.29, 0.717) is 24.2 Å². The molecule has 1 N–H and O–H groups in total. The standard InChI is InChI=1S/C13H20N6O2S/c1-3-4-5-6-15-12(20)10(2)22-13-18-17-11(21-13)7-19-9-14-8-16-19/h8-10H,3-7H2,1-2H3,(H,15,20). The van der Waals surface area contributed by atoms with Gasteiger partial charge in [-0.2, -0.15) is 5.10 Å². The predicted octanol–water partition coefficient (Wildman–Crippen LogP) is 1.50. The second-order valence-corrected chi connectivity index (χ2v) is 6.11. The van der Waals surface area contributed by atoms with E-state index in [4.69, 9.17) is 4.42 Å². The second kappa shape index (κ2) is 8.52. The third-order valence-electron chi connectivity index (χ3n) is 2.94.